The van der Waals surface area contributed by atoms with Gasteiger partial charge >= 0.3 is 5.97 Å². The van der Waals surface area contributed by atoms with Gasteiger partial charge in [-0.3, -0.25) is 14.5 Å². The molecule has 2 amide bonds. The number of esters is 1. The summed E-state index contributed by atoms with van der Waals surface area (Å²) >= 11 is 0. The number of aliphatic hydroxyl groups is 1. The van der Waals surface area contributed by atoms with Crippen LogP contribution in [0.1, 0.15) is 28.6 Å². The first-order chi connectivity index (χ1) is 14.4. The molecule has 0 saturated heterocycles. The van der Waals surface area contributed by atoms with Gasteiger partial charge in [-0.25, -0.2) is 4.79 Å². The number of furan rings is 1. The molecule has 0 atom stereocenters. The van der Waals surface area contributed by atoms with Gasteiger partial charge in [-0.15, -0.1) is 0 Å². The largest absolute Gasteiger partial charge is 0.457 e. The van der Waals surface area contributed by atoms with Gasteiger partial charge in [0.15, 0.2) is 0 Å². The second-order valence-corrected chi connectivity index (χ2v) is 6.81. The lowest BCUT2D eigenvalue weighted by Gasteiger charge is -2.26. The summed E-state index contributed by atoms with van der Waals surface area (Å²) in [5.41, 5.74) is 2.30. The first kappa shape index (κ1) is 19.4. The third-order valence-corrected chi connectivity index (χ3v) is 5.03. The van der Waals surface area contributed by atoms with E-state index in [-0.39, 0.29) is 35.8 Å². The number of carbonyl (C=O) groups excluding carboxylic acids is 3. The maximum atomic E-state index is 12.7. The number of fused-ring (bicyclic) bond motifs is 1. The summed E-state index contributed by atoms with van der Waals surface area (Å²) in [4.78, 5) is 37.5. The average Bonchev–Trinajstić information content (AvgIpc) is 3.35. The minimum atomic E-state index is -0.721. The molecule has 2 aliphatic rings. The van der Waals surface area contributed by atoms with E-state index in [4.69, 9.17) is 14.3 Å². The van der Waals surface area contributed by atoms with Gasteiger partial charge in [0, 0.05) is 16.7 Å². The number of cyclic esters (lactones) is 1. The third-order valence-electron chi connectivity index (χ3n) is 5.03. The van der Waals surface area contributed by atoms with Crippen molar-refractivity contribution >= 4 is 23.9 Å². The zero-order chi connectivity index (χ0) is 21.4. The molecule has 0 bridgehead atoms. The van der Waals surface area contributed by atoms with Gasteiger partial charge in [0.25, 0.3) is 11.8 Å². The fourth-order valence-electron chi connectivity index (χ4n) is 3.45. The minimum absolute atomic E-state index is 0.147. The highest BCUT2D eigenvalue weighted by atomic mass is 16.5. The summed E-state index contributed by atoms with van der Waals surface area (Å²) in [6.07, 6.45) is 1.47. The van der Waals surface area contributed by atoms with Crippen molar-refractivity contribution in [3.05, 3.63) is 63.9 Å². The van der Waals surface area contributed by atoms with Crippen molar-refractivity contribution in [3.63, 3.8) is 0 Å². The van der Waals surface area contributed by atoms with Crippen LogP contribution in [-0.4, -0.2) is 40.9 Å². The van der Waals surface area contributed by atoms with Crippen LogP contribution in [0.3, 0.4) is 0 Å². The van der Waals surface area contributed by atoms with Gasteiger partial charge in [-0.05, 0) is 42.8 Å². The molecule has 8 nitrogen and oxygen atoms in total. The van der Waals surface area contributed by atoms with Gasteiger partial charge in [-0.2, -0.15) is 5.26 Å². The zero-order valence-corrected chi connectivity index (χ0v) is 16.0. The molecule has 3 heterocycles. The Morgan fingerprint density at radius 3 is 2.73 bits per heavy atom. The third kappa shape index (κ3) is 3.11. The predicted molar refractivity (Wildman–Crippen MR) is 103 cm³/mol. The molecule has 30 heavy (non-hydrogen) atoms. The molecule has 2 aromatic rings. The van der Waals surface area contributed by atoms with Crippen molar-refractivity contribution in [2.45, 2.75) is 13.5 Å². The van der Waals surface area contributed by atoms with Crippen LogP contribution in [0.2, 0.25) is 0 Å². The first-order valence-electron chi connectivity index (χ1n) is 9.15. The molecule has 1 aromatic heterocycles. The smallest absolute Gasteiger partial charge is 0.338 e. The lowest BCUT2D eigenvalue weighted by molar-refractivity contribution is -0.141. The highest BCUT2D eigenvalue weighted by molar-refractivity contribution is 6.19. The van der Waals surface area contributed by atoms with E-state index in [0.717, 1.165) is 16.0 Å². The Hall–Kier alpha value is -3.96. The normalized spacial score (nSPS) is 17.4. The topological polar surface area (TPSA) is 121 Å². The van der Waals surface area contributed by atoms with Crippen molar-refractivity contribution < 1.29 is 28.6 Å². The number of nitriles is 1. The maximum absolute atomic E-state index is 12.7. The Labute approximate surface area is 171 Å². The highest BCUT2D eigenvalue weighted by Gasteiger charge is 2.35. The van der Waals surface area contributed by atoms with E-state index < -0.39 is 18.4 Å². The van der Waals surface area contributed by atoms with Gasteiger partial charge in [0.05, 0.1) is 18.7 Å². The monoisotopic (exact) mass is 404 g/mol. The molecule has 8 heteroatoms. The lowest BCUT2D eigenvalue weighted by Crippen LogP contribution is -2.44. The number of aliphatic hydroxyl groups excluding tert-OH is 1. The molecular weight excluding hydrogens is 388 g/mol. The number of β-amino-alcohol motifs (C(OH)–C–C–N with tert-alkyl or cyclic N) is 1. The van der Waals surface area contributed by atoms with Crippen LogP contribution in [0.5, 0.6) is 0 Å². The molecular formula is C22H16N2O6. The van der Waals surface area contributed by atoms with Crippen LogP contribution in [0.4, 0.5) is 0 Å². The van der Waals surface area contributed by atoms with Crippen LogP contribution in [0.15, 0.2) is 51.5 Å². The predicted octanol–water partition coefficient (Wildman–Crippen LogP) is 2.20. The van der Waals surface area contributed by atoms with Crippen molar-refractivity contribution in [1.82, 2.24) is 4.90 Å². The molecule has 1 aromatic carbocycles. The Kier molecular flexibility index (Phi) is 4.82. The number of amides is 2. The summed E-state index contributed by atoms with van der Waals surface area (Å²) in [7, 11) is 0. The molecule has 0 radical (unpaired) electrons. The van der Waals surface area contributed by atoms with Crippen LogP contribution in [0.25, 0.3) is 17.4 Å². The molecule has 0 saturated carbocycles. The summed E-state index contributed by atoms with van der Waals surface area (Å²) < 4.78 is 10.8. The van der Waals surface area contributed by atoms with E-state index in [1.165, 1.54) is 13.0 Å². The second kappa shape index (κ2) is 7.46. The second-order valence-electron chi connectivity index (χ2n) is 6.81. The standard InChI is InChI=1S/C22H16N2O6/c1-12-17(20(26)24(6-7-25)21(27)18(12)10-23)9-15-3-5-19(30-15)13-2-4-16-14(8-13)11-29-22(16)28/h2-5,8-9,25H,6-7,11H2,1H3. The van der Waals surface area contributed by atoms with Gasteiger partial charge in [-0.1, -0.05) is 6.07 Å². The first-order valence-corrected chi connectivity index (χ1v) is 9.15. The number of hydrogen-bond acceptors (Lipinski definition) is 7. The van der Waals surface area contributed by atoms with Crippen LogP contribution in [0, 0.1) is 11.3 Å². The Morgan fingerprint density at radius 1 is 1.20 bits per heavy atom. The number of imide groups is 1. The number of carbonyl (C=O) groups is 3. The molecule has 1 N–H and O–H groups in total. The molecule has 4 rings (SSSR count). The highest BCUT2D eigenvalue weighted by Crippen LogP contribution is 2.31. The molecule has 0 unspecified atom stereocenters. The Balaban J connectivity index is 1.70. The average molecular weight is 404 g/mol. The van der Waals surface area contributed by atoms with Crippen molar-refractivity contribution in [2.75, 3.05) is 13.2 Å². The van der Waals surface area contributed by atoms with Crippen molar-refractivity contribution in [1.29, 1.82) is 5.26 Å². The molecule has 0 fully saturated rings. The number of ether oxygens (including phenoxy) is 1. The molecule has 2 aliphatic heterocycles. The van der Waals surface area contributed by atoms with E-state index >= 15 is 0 Å². The number of benzene rings is 1. The summed E-state index contributed by atoms with van der Waals surface area (Å²) in [6, 6.07) is 10.4. The minimum Gasteiger partial charge on any atom is -0.457 e. The van der Waals surface area contributed by atoms with Crippen LogP contribution in [-0.2, 0) is 20.9 Å². The van der Waals surface area contributed by atoms with Crippen LogP contribution >= 0.6 is 0 Å². The van der Waals surface area contributed by atoms with Gasteiger partial charge in [0.2, 0.25) is 0 Å². The van der Waals surface area contributed by atoms with E-state index in [0.29, 0.717) is 17.1 Å². The summed E-state index contributed by atoms with van der Waals surface area (Å²) in [5, 5.41) is 18.5. The van der Waals surface area contributed by atoms with Gasteiger partial charge in [0.1, 0.15) is 29.8 Å². The SMILES string of the molecule is CC1=C(C#N)C(=O)N(CCO)C(=O)C1=Cc1ccc(-c2ccc3c(c2)COC3=O)o1. The molecule has 150 valence electrons. The molecule has 0 aliphatic carbocycles. The Morgan fingerprint density at radius 2 is 2.00 bits per heavy atom. The maximum Gasteiger partial charge on any atom is 0.338 e. The Bertz CT molecular complexity index is 1190. The fourth-order valence-corrected chi connectivity index (χ4v) is 3.45. The number of hydrogen-bond donors (Lipinski definition) is 1. The summed E-state index contributed by atoms with van der Waals surface area (Å²) in [6.45, 7) is 1.13. The van der Waals surface area contributed by atoms with E-state index in [9.17, 15) is 19.6 Å². The van der Waals surface area contributed by atoms with Crippen molar-refractivity contribution in [3.8, 4) is 17.4 Å². The van der Waals surface area contributed by atoms with Crippen molar-refractivity contribution in [2.24, 2.45) is 0 Å². The summed E-state index contributed by atoms with van der Waals surface area (Å²) in [5.74, 6) is -0.790. The van der Waals surface area contributed by atoms with E-state index in [1.807, 2.05) is 12.1 Å². The van der Waals surface area contributed by atoms with E-state index in [1.54, 1.807) is 24.3 Å². The quantitative estimate of drug-likeness (QED) is 0.471. The lowest BCUT2D eigenvalue weighted by atomic mass is 9.95. The van der Waals surface area contributed by atoms with Gasteiger partial charge < -0.3 is 14.3 Å². The van der Waals surface area contributed by atoms with Crippen LogP contribution < -0.4 is 0 Å². The van der Waals surface area contributed by atoms with E-state index in [2.05, 4.69) is 0 Å². The molecule has 0 spiro atoms. The zero-order valence-electron chi connectivity index (χ0n) is 16.0. The fraction of sp³-hybridized carbons (Fsp3) is 0.182. The number of rotatable bonds is 4. The number of nitrogens with zero attached hydrogens (tertiary/aromatic N) is 2.